The molecule has 3 aromatic rings. The lowest BCUT2D eigenvalue weighted by Gasteiger charge is -2.14. The third-order valence-electron chi connectivity index (χ3n) is 4.43. The van der Waals surface area contributed by atoms with Gasteiger partial charge in [0.25, 0.3) is 5.91 Å². The largest absolute Gasteiger partial charge is 0.497 e. The predicted octanol–water partition coefficient (Wildman–Crippen LogP) is 4.07. The molecule has 0 saturated carbocycles. The molecule has 1 aromatic carbocycles. The monoisotopic (exact) mass is 349 g/mol. The number of rotatable bonds is 6. The summed E-state index contributed by atoms with van der Waals surface area (Å²) in [4.78, 5) is 16.9. The molecule has 0 spiro atoms. The number of aryl methyl sites for hydroxylation is 1. The molecule has 3 rings (SSSR count). The molecule has 2 aromatic heterocycles. The number of carbonyl (C=O) groups excluding carboxylic acids is 1. The Hall–Kier alpha value is -3.08. The Bertz CT molecular complexity index is 870. The number of pyridine rings is 1. The molecule has 26 heavy (non-hydrogen) atoms. The lowest BCUT2D eigenvalue weighted by atomic mass is 10.1. The van der Waals surface area contributed by atoms with E-state index in [4.69, 9.17) is 4.74 Å². The van der Waals surface area contributed by atoms with Gasteiger partial charge in [-0.2, -0.15) is 0 Å². The van der Waals surface area contributed by atoms with Gasteiger partial charge < -0.3 is 14.6 Å². The van der Waals surface area contributed by atoms with E-state index >= 15 is 0 Å². The molecule has 1 unspecified atom stereocenters. The summed E-state index contributed by atoms with van der Waals surface area (Å²) in [5.74, 6) is 0.718. The quantitative estimate of drug-likeness (QED) is 0.730. The summed E-state index contributed by atoms with van der Waals surface area (Å²) in [5, 5.41) is 3.05. The number of nitrogens with one attached hydrogen (secondary N) is 1. The van der Waals surface area contributed by atoms with Crippen molar-refractivity contribution in [3.63, 3.8) is 0 Å². The van der Waals surface area contributed by atoms with Gasteiger partial charge in [0.2, 0.25) is 0 Å². The van der Waals surface area contributed by atoms with Crippen molar-refractivity contribution in [2.75, 3.05) is 7.11 Å². The Balaban J connectivity index is 1.82. The fourth-order valence-electron chi connectivity index (χ4n) is 2.89. The van der Waals surface area contributed by atoms with Gasteiger partial charge in [0.15, 0.2) is 0 Å². The van der Waals surface area contributed by atoms with Gasteiger partial charge in [0, 0.05) is 30.7 Å². The highest BCUT2D eigenvalue weighted by Gasteiger charge is 2.17. The molecule has 134 valence electrons. The Morgan fingerprint density at radius 1 is 1.23 bits per heavy atom. The van der Waals surface area contributed by atoms with Gasteiger partial charge in [0.05, 0.1) is 13.2 Å². The van der Waals surface area contributed by atoms with Crippen LogP contribution in [0.3, 0.4) is 0 Å². The van der Waals surface area contributed by atoms with Crippen molar-refractivity contribution in [2.45, 2.75) is 26.4 Å². The molecule has 0 bridgehead atoms. The maximum absolute atomic E-state index is 12.8. The molecular formula is C21H23N3O2. The molecular weight excluding hydrogens is 326 g/mol. The van der Waals surface area contributed by atoms with Crippen molar-refractivity contribution in [2.24, 2.45) is 0 Å². The number of amides is 1. The highest BCUT2D eigenvalue weighted by Crippen LogP contribution is 2.25. The van der Waals surface area contributed by atoms with Gasteiger partial charge in [-0.25, -0.2) is 0 Å². The van der Waals surface area contributed by atoms with Crippen molar-refractivity contribution in [3.05, 3.63) is 72.3 Å². The van der Waals surface area contributed by atoms with E-state index in [0.717, 1.165) is 29.0 Å². The minimum atomic E-state index is -0.110. The van der Waals surface area contributed by atoms with Gasteiger partial charge in [-0.1, -0.05) is 18.2 Å². The fraction of sp³-hybridized carbons (Fsp3) is 0.238. The van der Waals surface area contributed by atoms with Gasteiger partial charge in [-0.05, 0) is 49.2 Å². The normalized spacial score (nSPS) is 11.8. The zero-order valence-electron chi connectivity index (χ0n) is 15.3. The molecule has 2 heterocycles. The SMILES string of the molecule is CCn1cc(-c2ccc(OC)cc2)cc1C(=O)NC(C)c1cccnc1. The first-order chi connectivity index (χ1) is 12.6. The van der Waals surface area contributed by atoms with E-state index in [1.165, 1.54) is 0 Å². The molecule has 1 atom stereocenters. The number of benzene rings is 1. The maximum Gasteiger partial charge on any atom is 0.268 e. The van der Waals surface area contributed by atoms with Crippen LogP contribution in [0.15, 0.2) is 61.1 Å². The summed E-state index contributed by atoms with van der Waals surface area (Å²) in [6.45, 7) is 4.71. The van der Waals surface area contributed by atoms with Crippen LogP contribution >= 0.6 is 0 Å². The Labute approximate surface area is 153 Å². The van der Waals surface area contributed by atoms with E-state index in [-0.39, 0.29) is 11.9 Å². The second-order valence-corrected chi connectivity index (χ2v) is 6.11. The summed E-state index contributed by atoms with van der Waals surface area (Å²) in [7, 11) is 1.65. The second-order valence-electron chi connectivity index (χ2n) is 6.11. The van der Waals surface area contributed by atoms with Crippen LogP contribution in [0.2, 0.25) is 0 Å². The Kier molecular flexibility index (Phi) is 5.37. The molecule has 0 aliphatic carbocycles. The summed E-state index contributed by atoms with van der Waals surface area (Å²) >= 11 is 0. The first-order valence-electron chi connectivity index (χ1n) is 8.67. The van der Waals surface area contributed by atoms with Crippen molar-refractivity contribution in [3.8, 4) is 16.9 Å². The highest BCUT2D eigenvalue weighted by molar-refractivity contribution is 5.94. The van der Waals surface area contributed by atoms with Gasteiger partial charge >= 0.3 is 0 Å². The molecule has 0 radical (unpaired) electrons. The van der Waals surface area contributed by atoms with Crippen LogP contribution in [0, 0.1) is 0 Å². The zero-order valence-corrected chi connectivity index (χ0v) is 15.3. The van der Waals surface area contributed by atoms with Crippen LogP contribution in [-0.2, 0) is 6.54 Å². The van der Waals surface area contributed by atoms with Crippen LogP contribution in [0.1, 0.15) is 35.9 Å². The highest BCUT2D eigenvalue weighted by atomic mass is 16.5. The van der Waals surface area contributed by atoms with Crippen LogP contribution in [0.4, 0.5) is 0 Å². The van der Waals surface area contributed by atoms with Gasteiger partial charge in [0.1, 0.15) is 11.4 Å². The summed E-state index contributed by atoms with van der Waals surface area (Å²) in [6.07, 6.45) is 5.50. The average molecular weight is 349 g/mol. The van der Waals surface area contributed by atoms with Crippen molar-refractivity contribution < 1.29 is 9.53 Å². The topological polar surface area (TPSA) is 56.1 Å². The van der Waals surface area contributed by atoms with Crippen LogP contribution in [0.25, 0.3) is 11.1 Å². The molecule has 5 heteroatoms. The van der Waals surface area contributed by atoms with E-state index in [1.807, 2.05) is 67.1 Å². The molecule has 1 N–H and O–H groups in total. The summed E-state index contributed by atoms with van der Waals surface area (Å²) < 4.78 is 7.17. The fourth-order valence-corrected chi connectivity index (χ4v) is 2.89. The molecule has 5 nitrogen and oxygen atoms in total. The third-order valence-corrected chi connectivity index (χ3v) is 4.43. The molecule has 0 fully saturated rings. The molecule has 1 amide bonds. The number of aromatic nitrogens is 2. The first-order valence-corrected chi connectivity index (χ1v) is 8.67. The number of hydrogen-bond donors (Lipinski definition) is 1. The number of methoxy groups -OCH3 is 1. The molecule has 0 saturated heterocycles. The van der Waals surface area contributed by atoms with Gasteiger partial charge in [-0.3, -0.25) is 9.78 Å². The Morgan fingerprint density at radius 2 is 2.00 bits per heavy atom. The number of hydrogen-bond acceptors (Lipinski definition) is 3. The summed E-state index contributed by atoms with van der Waals surface area (Å²) in [6, 6.07) is 13.5. The van der Waals surface area contributed by atoms with Crippen molar-refractivity contribution in [1.29, 1.82) is 0 Å². The lowest BCUT2D eigenvalue weighted by Crippen LogP contribution is -2.28. The minimum absolute atomic E-state index is 0.0945. The van der Waals surface area contributed by atoms with Gasteiger partial charge in [-0.15, -0.1) is 0 Å². The Morgan fingerprint density at radius 3 is 2.62 bits per heavy atom. The van der Waals surface area contributed by atoms with Crippen LogP contribution < -0.4 is 10.1 Å². The number of carbonyl (C=O) groups is 1. The smallest absolute Gasteiger partial charge is 0.268 e. The van der Waals surface area contributed by atoms with E-state index in [0.29, 0.717) is 5.69 Å². The lowest BCUT2D eigenvalue weighted by molar-refractivity contribution is 0.0930. The minimum Gasteiger partial charge on any atom is -0.497 e. The zero-order chi connectivity index (χ0) is 18.5. The molecule has 0 aliphatic rings. The van der Waals surface area contributed by atoms with Crippen molar-refractivity contribution in [1.82, 2.24) is 14.9 Å². The third kappa shape index (κ3) is 3.77. The van der Waals surface area contributed by atoms with E-state index in [2.05, 4.69) is 10.3 Å². The van der Waals surface area contributed by atoms with E-state index in [1.54, 1.807) is 19.5 Å². The maximum atomic E-state index is 12.8. The van der Waals surface area contributed by atoms with Crippen LogP contribution in [0.5, 0.6) is 5.75 Å². The number of ether oxygens (including phenoxy) is 1. The number of nitrogens with zero attached hydrogens (tertiary/aromatic N) is 2. The molecule has 0 aliphatic heterocycles. The first kappa shape index (κ1) is 17.7. The second kappa shape index (κ2) is 7.87. The van der Waals surface area contributed by atoms with Crippen LogP contribution in [-0.4, -0.2) is 22.6 Å². The van der Waals surface area contributed by atoms with E-state index in [9.17, 15) is 4.79 Å². The summed E-state index contributed by atoms with van der Waals surface area (Å²) in [5.41, 5.74) is 3.68. The predicted molar refractivity (Wildman–Crippen MR) is 102 cm³/mol. The van der Waals surface area contributed by atoms with E-state index < -0.39 is 0 Å². The van der Waals surface area contributed by atoms with Crippen molar-refractivity contribution >= 4 is 5.91 Å². The average Bonchev–Trinajstić information content (AvgIpc) is 3.13. The standard InChI is InChI=1S/C21H23N3O2/c1-4-24-14-18(16-7-9-19(26-3)10-8-16)12-20(24)21(25)23-15(2)17-6-5-11-22-13-17/h5-15H,4H2,1-3H3,(H,23,25).